The van der Waals surface area contributed by atoms with Gasteiger partial charge < -0.3 is 25.8 Å². The topological polar surface area (TPSA) is 158 Å². The number of alkyl halides is 2. The lowest BCUT2D eigenvalue weighted by atomic mass is 9.81. The first kappa shape index (κ1) is 32.1. The first-order valence-corrected chi connectivity index (χ1v) is 17.1. The van der Waals surface area contributed by atoms with Crippen LogP contribution < -0.4 is 16.0 Å². The molecule has 1 unspecified atom stereocenters. The van der Waals surface area contributed by atoms with Gasteiger partial charge in [-0.2, -0.15) is 0 Å². The number of imidazole rings is 1. The normalized spacial score (nSPS) is 22.9. The van der Waals surface area contributed by atoms with Gasteiger partial charge in [0, 0.05) is 49.9 Å². The Labute approximate surface area is 286 Å². The zero-order valence-corrected chi connectivity index (χ0v) is 27.6. The van der Waals surface area contributed by atoms with E-state index in [1.165, 1.54) is 0 Å². The summed E-state index contributed by atoms with van der Waals surface area (Å²) in [5.74, 6) is -3.80. The molecule has 1 aliphatic heterocycles. The van der Waals surface area contributed by atoms with Gasteiger partial charge in [0.05, 0.1) is 11.9 Å². The van der Waals surface area contributed by atoms with Gasteiger partial charge in [-0.15, -0.1) is 0 Å². The smallest absolute Gasteiger partial charge is 0.318 e. The number of hydrogen-bond donors (Lipinski definition) is 4. The molecular weight excluding hydrogens is 646 g/mol. The number of urea groups is 1. The van der Waals surface area contributed by atoms with Crippen molar-refractivity contribution in [3.05, 3.63) is 83.1 Å². The number of benzene rings is 2. The summed E-state index contributed by atoms with van der Waals surface area (Å²) in [6, 6.07) is 14.3. The maximum Gasteiger partial charge on any atom is 0.318 e. The Bertz CT molecular complexity index is 1950. The summed E-state index contributed by atoms with van der Waals surface area (Å²) >= 11 is 0. The van der Waals surface area contributed by atoms with Crippen LogP contribution in [0.3, 0.4) is 0 Å². The molecule has 3 fully saturated rings. The van der Waals surface area contributed by atoms with Crippen LogP contribution in [-0.4, -0.2) is 68.1 Å². The van der Waals surface area contributed by atoms with Gasteiger partial charge >= 0.3 is 6.03 Å². The second-order valence-electron chi connectivity index (χ2n) is 14.5. The monoisotopic (exact) mass is 684 g/mol. The summed E-state index contributed by atoms with van der Waals surface area (Å²) < 4.78 is 32.8. The number of nitrogens with zero attached hydrogens (tertiary/aromatic N) is 4. The molecule has 4 amide bonds. The number of hydrogen-bond acceptors (Lipinski definition) is 7. The van der Waals surface area contributed by atoms with E-state index in [0.717, 1.165) is 35.2 Å². The molecule has 260 valence electrons. The number of aryl methyl sites for hydroxylation is 1. The van der Waals surface area contributed by atoms with Crippen molar-refractivity contribution in [2.75, 3.05) is 18.4 Å². The molecule has 0 bridgehead atoms. The van der Waals surface area contributed by atoms with E-state index in [4.69, 9.17) is 4.98 Å². The highest BCUT2D eigenvalue weighted by molar-refractivity contribution is 6.01. The van der Waals surface area contributed by atoms with Crippen molar-refractivity contribution in [2.24, 2.45) is 11.3 Å². The quantitative estimate of drug-likeness (QED) is 0.200. The molecule has 8 rings (SSSR count). The molecule has 0 radical (unpaired) electrons. The van der Waals surface area contributed by atoms with Gasteiger partial charge in [0.1, 0.15) is 23.1 Å². The van der Waals surface area contributed by atoms with Gasteiger partial charge in [-0.3, -0.25) is 9.59 Å². The van der Waals surface area contributed by atoms with Crippen LogP contribution in [0.2, 0.25) is 0 Å². The van der Waals surface area contributed by atoms with Gasteiger partial charge in [-0.25, -0.2) is 23.2 Å². The summed E-state index contributed by atoms with van der Waals surface area (Å²) in [6.45, 7) is 2.84. The fraction of sp³-hybridized carbons (Fsp3) is 0.444. The Morgan fingerprint density at radius 1 is 1.02 bits per heavy atom. The Morgan fingerprint density at radius 3 is 2.50 bits per heavy atom. The number of carbonyl (C=O) groups excluding carboxylic acids is 3. The summed E-state index contributed by atoms with van der Waals surface area (Å²) in [5, 5.41) is 16.1. The zero-order valence-electron chi connectivity index (χ0n) is 27.6. The third-order valence-electron chi connectivity index (χ3n) is 11.0. The minimum atomic E-state index is -2.80. The molecule has 4 aromatic rings. The summed E-state index contributed by atoms with van der Waals surface area (Å²) in [5.41, 5.74) is 3.77. The fourth-order valence-electron chi connectivity index (χ4n) is 7.88. The van der Waals surface area contributed by atoms with Crippen molar-refractivity contribution in [1.82, 2.24) is 35.8 Å². The van der Waals surface area contributed by atoms with E-state index < -0.39 is 35.2 Å². The minimum absolute atomic E-state index is 0.0623. The summed E-state index contributed by atoms with van der Waals surface area (Å²) in [6.07, 6.45) is 4.32. The number of fused-ring (bicyclic) bond motifs is 1. The molecule has 4 N–H and O–H groups in total. The lowest BCUT2D eigenvalue weighted by molar-refractivity contribution is -0.121. The number of anilines is 1. The molecule has 3 aliphatic carbocycles. The highest BCUT2D eigenvalue weighted by atomic mass is 19.3. The van der Waals surface area contributed by atoms with Crippen molar-refractivity contribution in [3.63, 3.8) is 0 Å². The predicted molar refractivity (Wildman–Crippen MR) is 177 cm³/mol. The largest absolute Gasteiger partial charge is 0.340 e. The Kier molecular flexibility index (Phi) is 7.72. The SMILES string of the molecule is Cc1nonc1C(=O)N[C@H](C(=O)Nc1ccc2c(c1)CC(c1ncc(-c3ccccc3)[nH]1)(N1CC3(CC3)CNC1=O)C2)C1CCC(F)(F)CC1. The first-order valence-electron chi connectivity index (χ1n) is 17.1. The molecule has 2 atom stereocenters. The number of carbonyl (C=O) groups is 3. The van der Waals surface area contributed by atoms with Crippen LogP contribution >= 0.6 is 0 Å². The van der Waals surface area contributed by atoms with E-state index in [1.807, 2.05) is 53.6 Å². The molecule has 2 saturated carbocycles. The van der Waals surface area contributed by atoms with Crippen molar-refractivity contribution in [1.29, 1.82) is 0 Å². The second kappa shape index (κ2) is 12.0. The standard InChI is InChI=1S/C36H38F2N8O4/c1-21-28(45-50-44-21)30(47)43-29(23-9-11-36(37,38)12-10-23)31(48)41-26-8-7-24-16-35(17-25(24)15-26,46-20-34(13-14-34)19-40-33(46)49)32-39-18-27(42-32)22-5-3-2-4-6-22/h2-8,15,18,23,29H,9-14,16-17,19-20H2,1H3,(H,39,42)(H,40,49)(H,41,48)(H,43,47)/t29-,35?/m0/s1. The number of rotatable bonds is 8. The fourth-order valence-corrected chi connectivity index (χ4v) is 7.88. The van der Waals surface area contributed by atoms with E-state index in [1.54, 1.807) is 13.0 Å². The third-order valence-corrected chi connectivity index (χ3v) is 11.0. The van der Waals surface area contributed by atoms with Crippen molar-refractivity contribution >= 4 is 23.5 Å². The number of aromatic nitrogens is 4. The Hall–Kier alpha value is -5.14. The van der Waals surface area contributed by atoms with E-state index in [9.17, 15) is 23.2 Å². The van der Waals surface area contributed by atoms with Gasteiger partial charge in [-0.05, 0) is 72.5 Å². The molecule has 3 heterocycles. The zero-order chi connectivity index (χ0) is 34.7. The molecule has 12 nitrogen and oxygen atoms in total. The maximum absolute atomic E-state index is 14.1. The Morgan fingerprint density at radius 2 is 1.78 bits per heavy atom. The average Bonchev–Trinajstić information content (AvgIpc) is 3.43. The second-order valence-corrected chi connectivity index (χ2v) is 14.5. The number of H-pyrrole nitrogens is 1. The lowest BCUT2D eigenvalue weighted by Gasteiger charge is -2.45. The molecule has 1 saturated heterocycles. The Balaban J connectivity index is 1.07. The summed E-state index contributed by atoms with van der Waals surface area (Å²) in [7, 11) is 0. The average molecular weight is 685 g/mol. The maximum atomic E-state index is 14.1. The van der Waals surface area contributed by atoms with Crippen LogP contribution in [0.4, 0.5) is 19.3 Å². The molecule has 2 aromatic heterocycles. The van der Waals surface area contributed by atoms with E-state index in [2.05, 4.69) is 35.9 Å². The number of halogens is 2. The van der Waals surface area contributed by atoms with Gasteiger partial charge in [0.15, 0.2) is 5.69 Å². The van der Waals surface area contributed by atoms with E-state index >= 15 is 0 Å². The van der Waals surface area contributed by atoms with Gasteiger partial charge in [0.2, 0.25) is 11.8 Å². The van der Waals surface area contributed by atoms with Crippen LogP contribution in [0.15, 0.2) is 59.4 Å². The predicted octanol–water partition coefficient (Wildman–Crippen LogP) is 5.13. The van der Waals surface area contributed by atoms with E-state index in [0.29, 0.717) is 37.4 Å². The highest BCUT2D eigenvalue weighted by Gasteiger charge is 2.56. The molecule has 50 heavy (non-hydrogen) atoms. The van der Waals surface area contributed by atoms with Crippen LogP contribution in [0.1, 0.15) is 71.7 Å². The third kappa shape index (κ3) is 5.90. The van der Waals surface area contributed by atoms with Crippen LogP contribution in [0.25, 0.3) is 11.3 Å². The van der Waals surface area contributed by atoms with Crippen LogP contribution in [-0.2, 0) is 23.2 Å². The first-order chi connectivity index (χ1) is 24.0. The van der Waals surface area contributed by atoms with E-state index in [-0.39, 0.29) is 48.5 Å². The summed E-state index contributed by atoms with van der Waals surface area (Å²) in [4.78, 5) is 50.9. The van der Waals surface area contributed by atoms with Crippen LogP contribution in [0.5, 0.6) is 0 Å². The molecule has 14 heteroatoms. The number of amides is 4. The minimum Gasteiger partial charge on any atom is -0.340 e. The number of aromatic amines is 1. The van der Waals surface area contributed by atoms with Crippen molar-refractivity contribution in [2.45, 2.75) is 75.8 Å². The molecule has 1 spiro atoms. The number of nitrogens with one attached hydrogen (secondary N) is 4. The molecule has 4 aliphatic rings. The lowest BCUT2D eigenvalue weighted by Crippen LogP contribution is -2.61. The van der Waals surface area contributed by atoms with Gasteiger partial charge in [-0.1, -0.05) is 41.6 Å². The van der Waals surface area contributed by atoms with Crippen molar-refractivity contribution in [3.8, 4) is 11.3 Å². The van der Waals surface area contributed by atoms with Crippen LogP contribution in [0, 0.1) is 18.3 Å². The molecular formula is C36H38F2N8O4. The molecule has 2 aromatic carbocycles. The highest BCUT2D eigenvalue weighted by Crippen LogP contribution is 2.52. The van der Waals surface area contributed by atoms with Gasteiger partial charge in [0.25, 0.3) is 5.91 Å². The van der Waals surface area contributed by atoms with Crippen molar-refractivity contribution < 1.29 is 27.8 Å².